The summed E-state index contributed by atoms with van der Waals surface area (Å²) in [4.78, 5) is 16.0. The number of phenolic OH excluding ortho intramolecular Hbond substituents is 1. The standard InChI is InChI=1S/C14H9ClN2O4S/c15-9-1-2-11(18)10(5-9)14(19)20-6-12-16-13(21-17-12)8-3-4-22-7-8/h1-5,7,18H,6H2. The van der Waals surface area contributed by atoms with Gasteiger partial charge in [-0.15, -0.1) is 0 Å². The lowest BCUT2D eigenvalue weighted by Crippen LogP contribution is -2.06. The molecule has 1 N–H and O–H groups in total. The van der Waals surface area contributed by atoms with E-state index >= 15 is 0 Å². The van der Waals surface area contributed by atoms with Crippen molar-refractivity contribution in [2.45, 2.75) is 6.61 Å². The Balaban J connectivity index is 1.67. The van der Waals surface area contributed by atoms with Gasteiger partial charge in [0, 0.05) is 10.4 Å². The Morgan fingerprint density at radius 3 is 3.05 bits per heavy atom. The molecule has 1 aromatic carbocycles. The van der Waals surface area contributed by atoms with Crippen LogP contribution in [-0.4, -0.2) is 21.2 Å². The minimum Gasteiger partial charge on any atom is -0.507 e. The maximum Gasteiger partial charge on any atom is 0.342 e. The Kier molecular flexibility index (Phi) is 4.08. The van der Waals surface area contributed by atoms with Gasteiger partial charge in [0.05, 0.1) is 5.56 Å². The third-order valence-corrected chi connectivity index (χ3v) is 3.67. The molecule has 112 valence electrons. The molecule has 2 heterocycles. The number of thiophene rings is 1. The number of aromatic hydroxyl groups is 1. The Morgan fingerprint density at radius 2 is 2.27 bits per heavy atom. The molecule has 0 amide bonds. The third-order valence-electron chi connectivity index (χ3n) is 2.75. The Bertz CT molecular complexity index is 801. The van der Waals surface area contributed by atoms with Gasteiger partial charge in [-0.25, -0.2) is 4.79 Å². The van der Waals surface area contributed by atoms with Crippen molar-refractivity contribution in [3.63, 3.8) is 0 Å². The second-order valence-corrected chi connectivity index (χ2v) is 5.48. The molecular formula is C14H9ClN2O4S. The smallest absolute Gasteiger partial charge is 0.342 e. The van der Waals surface area contributed by atoms with Crippen LogP contribution in [0.5, 0.6) is 5.75 Å². The maximum atomic E-state index is 11.9. The number of carbonyl (C=O) groups excluding carboxylic acids is 1. The average molecular weight is 337 g/mol. The summed E-state index contributed by atoms with van der Waals surface area (Å²) in [6.45, 7) is -0.168. The molecule has 0 unspecified atom stereocenters. The van der Waals surface area contributed by atoms with Gasteiger partial charge in [0.25, 0.3) is 5.89 Å². The first kappa shape index (κ1) is 14.6. The normalized spacial score (nSPS) is 10.6. The van der Waals surface area contributed by atoms with E-state index in [9.17, 15) is 9.90 Å². The number of phenols is 1. The molecule has 0 aliphatic carbocycles. The molecule has 22 heavy (non-hydrogen) atoms. The van der Waals surface area contributed by atoms with Gasteiger partial charge in [0.1, 0.15) is 11.3 Å². The molecule has 0 bridgehead atoms. The number of ether oxygens (including phenoxy) is 1. The second kappa shape index (κ2) is 6.17. The number of carbonyl (C=O) groups is 1. The van der Waals surface area contributed by atoms with Gasteiger partial charge in [0.15, 0.2) is 6.61 Å². The predicted molar refractivity (Wildman–Crippen MR) is 79.8 cm³/mol. The molecule has 0 radical (unpaired) electrons. The minimum absolute atomic E-state index is 0.0194. The van der Waals surface area contributed by atoms with Crippen LogP contribution in [0.2, 0.25) is 5.02 Å². The number of esters is 1. The van der Waals surface area contributed by atoms with Crippen molar-refractivity contribution in [2.75, 3.05) is 0 Å². The Morgan fingerprint density at radius 1 is 1.41 bits per heavy atom. The van der Waals surface area contributed by atoms with E-state index in [4.69, 9.17) is 20.9 Å². The molecule has 0 saturated carbocycles. The van der Waals surface area contributed by atoms with Crippen LogP contribution in [-0.2, 0) is 11.3 Å². The van der Waals surface area contributed by atoms with E-state index in [1.165, 1.54) is 29.5 Å². The van der Waals surface area contributed by atoms with Crippen LogP contribution in [0, 0.1) is 0 Å². The zero-order chi connectivity index (χ0) is 15.5. The van der Waals surface area contributed by atoms with E-state index in [0.29, 0.717) is 10.9 Å². The molecule has 3 rings (SSSR count). The summed E-state index contributed by atoms with van der Waals surface area (Å²) >= 11 is 7.29. The number of rotatable bonds is 4. The lowest BCUT2D eigenvalue weighted by Gasteiger charge is -2.04. The molecule has 0 fully saturated rings. The molecule has 3 aromatic rings. The van der Waals surface area contributed by atoms with Gasteiger partial charge >= 0.3 is 5.97 Å². The van der Waals surface area contributed by atoms with Crippen molar-refractivity contribution in [1.82, 2.24) is 10.1 Å². The van der Waals surface area contributed by atoms with Crippen molar-refractivity contribution in [3.05, 3.63) is 51.4 Å². The third kappa shape index (κ3) is 3.10. The molecule has 0 atom stereocenters. The van der Waals surface area contributed by atoms with Crippen molar-refractivity contribution >= 4 is 28.9 Å². The first-order chi connectivity index (χ1) is 10.6. The van der Waals surface area contributed by atoms with Crippen molar-refractivity contribution < 1.29 is 19.2 Å². The van der Waals surface area contributed by atoms with Crippen LogP contribution in [0.4, 0.5) is 0 Å². The molecule has 8 heteroatoms. The largest absolute Gasteiger partial charge is 0.507 e. The van der Waals surface area contributed by atoms with Gasteiger partial charge in [-0.2, -0.15) is 16.3 Å². The van der Waals surface area contributed by atoms with E-state index in [1.807, 2.05) is 16.8 Å². The quantitative estimate of drug-likeness (QED) is 0.734. The SMILES string of the molecule is O=C(OCc1noc(-c2ccsc2)n1)c1cc(Cl)ccc1O. The van der Waals surface area contributed by atoms with E-state index in [2.05, 4.69) is 10.1 Å². The number of benzene rings is 1. The van der Waals surface area contributed by atoms with Crippen molar-refractivity contribution in [2.24, 2.45) is 0 Å². The van der Waals surface area contributed by atoms with E-state index in [0.717, 1.165) is 5.56 Å². The monoisotopic (exact) mass is 336 g/mol. The molecule has 6 nitrogen and oxygen atoms in total. The summed E-state index contributed by atoms with van der Waals surface area (Å²) in [5.41, 5.74) is 0.789. The van der Waals surface area contributed by atoms with Gasteiger partial charge in [-0.3, -0.25) is 0 Å². The van der Waals surface area contributed by atoms with E-state index in [-0.39, 0.29) is 23.7 Å². The summed E-state index contributed by atoms with van der Waals surface area (Å²) in [7, 11) is 0. The molecule has 2 aromatic heterocycles. The number of hydrogen-bond acceptors (Lipinski definition) is 7. The summed E-state index contributed by atoms with van der Waals surface area (Å²) < 4.78 is 10.1. The first-order valence-electron chi connectivity index (χ1n) is 6.14. The number of aromatic nitrogens is 2. The molecular weight excluding hydrogens is 328 g/mol. The summed E-state index contributed by atoms with van der Waals surface area (Å²) in [6.07, 6.45) is 0. The summed E-state index contributed by atoms with van der Waals surface area (Å²) in [5, 5.41) is 17.4. The number of halogens is 1. The van der Waals surface area contributed by atoms with Crippen LogP contribution in [0.1, 0.15) is 16.2 Å². The van der Waals surface area contributed by atoms with Gasteiger partial charge in [-0.1, -0.05) is 16.8 Å². The van der Waals surface area contributed by atoms with Gasteiger partial charge in [0.2, 0.25) is 5.82 Å². The molecule has 0 aliphatic heterocycles. The van der Waals surface area contributed by atoms with E-state index < -0.39 is 5.97 Å². The minimum atomic E-state index is -0.720. The van der Waals surface area contributed by atoms with Crippen LogP contribution in [0.25, 0.3) is 11.5 Å². The Labute approximate surface area is 133 Å². The highest BCUT2D eigenvalue weighted by Gasteiger charge is 2.15. The lowest BCUT2D eigenvalue weighted by molar-refractivity contribution is 0.0456. The zero-order valence-electron chi connectivity index (χ0n) is 11.0. The van der Waals surface area contributed by atoms with Gasteiger partial charge in [-0.05, 0) is 29.6 Å². The molecule has 0 aliphatic rings. The lowest BCUT2D eigenvalue weighted by atomic mass is 10.2. The first-order valence-corrected chi connectivity index (χ1v) is 7.46. The van der Waals surface area contributed by atoms with Crippen LogP contribution < -0.4 is 0 Å². The number of nitrogens with zero attached hydrogens (tertiary/aromatic N) is 2. The average Bonchev–Trinajstić information content (AvgIpc) is 3.17. The summed E-state index contributed by atoms with van der Waals surface area (Å²) in [5.74, 6) is -0.336. The topological polar surface area (TPSA) is 85.5 Å². The highest BCUT2D eigenvalue weighted by molar-refractivity contribution is 7.08. The Hall–Kier alpha value is -2.38. The predicted octanol–water partition coefficient (Wildman–Crippen LogP) is 3.51. The van der Waals surface area contributed by atoms with Crippen LogP contribution >= 0.6 is 22.9 Å². The molecule has 0 spiro atoms. The fraction of sp³-hybridized carbons (Fsp3) is 0.0714. The highest BCUT2D eigenvalue weighted by atomic mass is 35.5. The second-order valence-electron chi connectivity index (χ2n) is 4.27. The van der Waals surface area contributed by atoms with E-state index in [1.54, 1.807) is 0 Å². The fourth-order valence-electron chi connectivity index (χ4n) is 1.70. The zero-order valence-corrected chi connectivity index (χ0v) is 12.6. The van der Waals surface area contributed by atoms with Crippen LogP contribution in [0.15, 0.2) is 39.5 Å². The van der Waals surface area contributed by atoms with Gasteiger partial charge < -0.3 is 14.4 Å². The fourth-order valence-corrected chi connectivity index (χ4v) is 2.50. The van der Waals surface area contributed by atoms with Crippen molar-refractivity contribution in [1.29, 1.82) is 0 Å². The number of hydrogen-bond donors (Lipinski definition) is 1. The summed E-state index contributed by atoms with van der Waals surface area (Å²) in [6, 6.07) is 5.96. The van der Waals surface area contributed by atoms with Crippen molar-refractivity contribution in [3.8, 4) is 17.2 Å². The molecule has 0 saturated heterocycles. The maximum absolute atomic E-state index is 11.9. The highest BCUT2D eigenvalue weighted by Crippen LogP contribution is 2.23. The van der Waals surface area contributed by atoms with Crippen LogP contribution in [0.3, 0.4) is 0 Å².